The van der Waals surface area contributed by atoms with Crippen molar-refractivity contribution in [3.05, 3.63) is 0 Å². The van der Waals surface area contributed by atoms with Gasteiger partial charge in [-0.15, -0.1) is 0 Å². The van der Waals surface area contributed by atoms with Crippen LogP contribution in [-0.2, 0) is 4.79 Å². The summed E-state index contributed by atoms with van der Waals surface area (Å²) in [5.74, 6) is 1.81. The van der Waals surface area contributed by atoms with Crippen LogP contribution in [0.3, 0.4) is 0 Å². The second-order valence-electron chi connectivity index (χ2n) is 6.66. The molecule has 3 nitrogen and oxygen atoms in total. The van der Waals surface area contributed by atoms with E-state index < -0.39 is 0 Å². The topological polar surface area (TPSA) is 32.3 Å². The van der Waals surface area contributed by atoms with Crippen molar-refractivity contribution in [3.8, 4) is 0 Å². The molecular formula is C16H28N2O. The van der Waals surface area contributed by atoms with Crippen molar-refractivity contribution in [2.75, 3.05) is 13.1 Å². The van der Waals surface area contributed by atoms with Gasteiger partial charge in [0.2, 0.25) is 5.91 Å². The van der Waals surface area contributed by atoms with Gasteiger partial charge >= 0.3 is 0 Å². The Labute approximate surface area is 117 Å². The van der Waals surface area contributed by atoms with Crippen LogP contribution in [0, 0.1) is 11.8 Å². The fourth-order valence-electron chi connectivity index (χ4n) is 4.62. The van der Waals surface area contributed by atoms with E-state index in [0.29, 0.717) is 17.9 Å². The zero-order chi connectivity index (χ0) is 13.2. The average Bonchev–Trinajstić information content (AvgIpc) is 3.03. The van der Waals surface area contributed by atoms with Crippen LogP contribution < -0.4 is 5.32 Å². The van der Waals surface area contributed by atoms with Crippen molar-refractivity contribution in [2.45, 2.75) is 70.4 Å². The predicted octanol–water partition coefficient (Wildman–Crippen LogP) is 2.56. The van der Waals surface area contributed by atoms with Gasteiger partial charge in [-0.05, 0) is 51.0 Å². The Morgan fingerprint density at radius 2 is 1.89 bits per heavy atom. The molecule has 0 bridgehead atoms. The van der Waals surface area contributed by atoms with Crippen molar-refractivity contribution < 1.29 is 4.79 Å². The molecule has 3 heteroatoms. The van der Waals surface area contributed by atoms with Crippen LogP contribution >= 0.6 is 0 Å². The summed E-state index contributed by atoms with van der Waals surface area (Å²) in [6.45, 7) is 4.11. The van der Waals surface area contributed by atoms with E-state index >= 15 is 0 Å². The van der Waals surface area contributed by atoms with E-state index in [1.807, 2.05) is 0 Å². The minimum atomic E-state index is 0.134. The Kier molecular flexibility index (Phi) is 4.11. The molecule has 1 saturated heterocycles. The molecule has 0 aromatic rings. The molecule has 1 heterocycles. The summed E-state index contributed by atoms with van der Waals surface area (Å²) in [4.78, 5) is 15.1. The van der Waals surface area contributed by atoms with E-state index in [1.54, 1.807) is 0 Å². The lowest BCUT2D eigenvalue weighted by Gasteiger charge is -2.36. The SMILES string of the molecule is CCN(C(=O)C1NCC2CCCC21)C1CCCCC1. The lowest BCUT2D eigenvalue weighted by atomic mass is 9.90. The first-order valence-electron chi connectivity index (χ1n) is 8.35. The number of nitrogens with zero attached hydrogens (tertiary/aromatic N) is 1. The summed E-state index contributed by atoms with van der Waals surface area (Å²) < 4.78 is 0. The van der Waals surface area contributed by atoms with Crippen LogP contribution in [0.15, 0.2) is 0 Å². The Morgan fingerprint density at radius 3 is 2.63 bits per heavy atom. The van der Waals surface area contributed by atoms with Crippen LogP contribution in [0.4, 0.5) is 0 Å². The summed E-state index contributed by atoms with van der Waals surface area (Å²) in [6, 6.07) is 0.655. The number of carbonyl (C=O) groups is 1. The minimum absolute atomic E-state index is 0.134. The Morgan fingerprint density at radius 1 is 1.11 bits per heavy atom. The van der Waals surface area contributed by atoms with Crippen molar-refractivity contribution in [1.82, 2.24) is 10.2 Å². The minimum Gasteiger partial charge on any atom is -0.339 e. The molecule has 3 fully saturated rings. The molecule has 2 saturated carbocycles. The largest absolute Gasteiger partial charge is 0.339 e. The molecule has 0 spiro atoms. The van der Waals surface area contributed by atoms with Crippen molar-refractivity contribution >= 4 is 5.91 Å². The normalized spacial score (nSPS) is 35.3. The lowest BCUT2D eigenvalue weighted by Crippen LogP contribution is -2.50. The van der Waals surface area contributed by atoms with Crippen molar-refractivity contribution in [2.24, 2.45) is 11.8 Å². The summed E-state index contributed by atoms with van der Waals surface area (Å²) in [5, 5.41) is 3.52. The number of amides is 1. The smallest absolute Gasteiger partial charge is 0.240 e. The number of likely N-dealkylation sites (N-methyl/N-ethyl adjacent to an activating group) is 1. The third kappa shape index (κ3) is 2.54. The maximum absolute atomic E-state index is 12.9. The molecule has 1 amide bonds. The predicted molar refractivity (Wildman–Crippen MR) is 76.9 cm³/mol. The van der Waals surface area contributed by atoms with Gasteiger partial charge in [0.05, 0.1) is 6.04 Å². The number of fused-ring (bicyclic) bond motifs is 1. The van der Waals surface area contributed by atoms with E-state index in [4.69, 9.17) is 0 Å². The average molecular weight is 264 g/mol. The molecule has 0 aromatic heterocycles. The highest BCUT2D eigenvalue weighted by molar-refractivity contribution is 5.83. The van der Waals surface area contributed by atoms with Gasteiger partial charge in [-0.25, -0.2) is 0 Å². The second kappa shape index (κ2) is 5.82. The number of nitrogens with one attached hydrogen (secondary N) is 1. The van der Waals surface area contributed by atoms with E-state index in [2.05, 4.69) is 17.1 Å². The maximum atomic E-state index is 12.9. The van der Waals surface area contributed by atoms with Gasteiger partial charge < -0.3 is 10.2 Å². The molecule has 2 aliphatic carbocycles. The number of carbonyl (C=O) groups excluding carboxylic acids is 1. The standard InChI is InChI=1S/C16H28N2O/c1-2-18(13-8-4-3-5-9-13)16(19)15-14-10-6-7-12(14)11-17-15/h12-15,17H,2-11H2,1H3. The summed E-state index contributed by atoms with van der Waals surface area (Å²) in [5.41, 5.74) is 0. The van der Waals surface area contributed by atoms with Gasteiger partial charge in [0, 0.05) is 12.6 Å². The van der Waals surface area contributed by atoms with Gasteiger partial charge in [-0.2, -0.15) is 0 Å². The third-order valence-corrected chi connectivity index (χ3v) is 5.65. The molecule has 3 rings (SSSR count). The molecular weight excluding hydrogens is 236 g/mol. The van der Waals surface area contributed by atoms with E-state index in [1.165, 1.54) is 51.4 Å². The highest BCUT2D eigenvalue weighted by atomic mass is 16.2. The van der Waals surface area contributed by atoms with Gasteiger partial charge in [0.25, 0.3) is 0 Å². The van der Waals surface area contributed by atoms with E-state index in [0.717, 1.165) is 19.0 Å². The van der Waals surface area contributed by atoms with Gasteiger partial charge in [-0.1, -0.05) is 25.7 Å². The van der Waals surface area contributed by atoms with Crippen LogP contribution in [0.2, 0.25) is 0 Å². The fraction of sp³-hybridized carbons (Fsp3) is 0.938. The summed E-state index contributed by atoms with van der Waals surface area (Å²) >= 11 is 0. The van der Waals surface area contributed by atoms with E-state index in [-0.39, 0.29) is 6.04 Å². The fourth-order valence-corrected chi connectivity index (χ4v) is 4.62. The second-order valence-corrected chi connectivity index (χ2v) is 6.66. The zero-order valence-electron chi connectivity index (χ0n) is 12.2. The first kappa shape index (κ1) is 13.4. The lowest BCUT2D eigenvalue weighted by molar-refractivity contribution is -0.137. The van der Waals surface area contributed by atoms with Crippen molar-refractivity contribution in [3.63, 3.8) is 0 Å². The zero-order valence-corrected chi connectivity index (χ0v) is 12.2. The molecule has 1 N–H and O–H groups in total. The molecule has 108 valence electrons. The maximum Gasteiger partial charge on any atom is 0.240 e. The number of rotatable bonds is 3. The van der Waals surface area contributed by atoms with Crippen LogP contribution in [0.1, 0.15) is 58.3 Å². The van der Waals surface area contributed by atoms with Crippen molar-refractivity contribution in [1.29, 1.82) is 0 Å². The van der Waals surface area contributed by atoms with Crippen LogP contribution in [0.25, 0.3) is 0 Å². The van der Waals surface area contributed by atoms with Gasteiger partial charge in [0.15, 0.2) is 0 Å². The van der Waals surface area contributed by atoms with Crippen LogP contribution in [-0.4, -0.2) is 36.0 Å². The van der Waals surface area contributed by atoms with Gasteiger partial charge in [-0.3, -0.25) is 4.79 Å². The quantitative estimate of drug-likeness (QED) is 0.849. The molecule has 0 radical (unpaired) electrons. The first-order chi connectivity index (χ1) is 9.31. The number of hydrogen-bond acceptors (Lipinski definition) is 2. The van der Waals surface area contributed by atoms with Crippen LogP contribution in [0.5, 0.6) is 0 Å². The van der Waals surface area contributed by atoms with E-state index in [9.17, 15) is 4.79 Å². The highest BCUT2D eigenvalue weighted by Gasteiger charge is 2.44. The third-order valence-electron chi connectivity index (χ3n) is 5.65. The molecule has 3 aliphatic rings. The Balaban J connectivity index is 1.67. The molecule has 3 atom stereocenters. The summed E-state index contributed by atoms with van der Waals surface area (Å²) in [7, 11) is 0. The Bertz CT molecular complexity index is 325. The first-order valence-corrected chi connectivity index (χ1v) is 8.35. The molecule has 19 heavy (non-hydrogen) atoms. The molecule has 3 unspecified atom stereocenters. The molecule has 1 aliphatic heterocycles. The monoisotopic (exact) mass is 264 g/mol. The van der Waals surface area contributed by atoms with Gasteiger partial charge in [0.1, 0.15) is 0 Å². The molecule has 0 aromatic carbocycles. The number of hydrogen-bond donors (Lipinski definition) is 1. The highest BCUT2D eigenvalue weighted by Crippen LogP contribution is 2.38. The Hall–Kier alpha value is -0.570. The summed E-state index contributed by atoms with van der Waals surface area (Å²) in [6.07, 6.45) is 10.3.